The molecule has 6 nitrogen and oxygen atoms in total. The zero-order valence-electron chi connectivity index (χ0n) is 12.6. The molecule has 0 aliphatic carbocycles. The van der Waals surface area contributed by atoms with Gasteiger partial charge in [0, 0.05) is 30.4 Å². The lowest BCUT2D eigenvalue weighted by atomic mass is 10.1. The average Bonchev–Trinajstić information content (AvgIpc) is 2.42. The molecule has 0 aliphatic heterocycles. The predicted molar refractivity (Wildman–Crippen MR) is 86.8 cm³/mol. The molecule has 0 saturated heterocycles. The fraction of sp³-hybridized carbons (Fsp3) is 0.357. The summed E-state index contributed by atoms with van der Waals surface area (Å²) < 4.78 is 9.56. The fourth-order valence-electron chi connectivity index (χ4n) is 0.993. The third kappa shape index (κ3) is 14.4. The molecular formula is C14H24N2O4S. The molecule has 1 aromatic carbocycles. The number of phenols is 2. The number of likely N-dealkylation sites (N-methyl/N-ethyl adjacent to an activating group) is 1. The summed E-state index contributed by atoms with van der Waals surface area (Å²) in [7, 11) is 0.948. The van der Waals surface area contributed by atoms with Gasteiger partial charge < -0.3 is 21.3 Å². The van der Waals surface area contributed by atoms with Gasteiger partial charge in [-0.15, -0.1) is 0 Å². The predicted octanol–water partition coefficient (Wildman–Crippen LogP) is 0.512. The topological polar surface area (TPSA) is 113 Å². The molecule has 1 rings (SSSR count). The summed E-state index contributed by atoms with van der Waals surface area (Å²) in [6, 6.07) is 4.71. The minimum Gasteiger partial charge on any atom is -0.504 e. The Morgan fingerprint density at radius 1 is 1.38 bits per heavy atom. The van der Waals surface area contributed by atoms with Crippen LogP contribution in [0.5, 0.6) is 11.5 Å². The molecule has 7 heteroatoms. The van der Waals surface area contributed by atoms with E-state index in [1.165, 1.54) is 18.2 Å². The Hall–Kier alpha value is -1.86. The molecule has 0 heterocycles. The van der Waals surface area contributed by atoms with Crippen LogP contribution in [-0.2, 0) is 22.0 Å². The van der Waals surface area contributed by atoms with Crippen LogP contribution in [0.1, 0.15) is 5.56 Å². The van der Waals surface area contributed by atoms with Gasteiger partial charge in [0.25, 0.3) is 0 Å². The zero-order valence-corrected chi connectivity index (χ0v) is 13.4. The smallest absolute Gasteiger partial charge is 0.243 e. The summed E-state index contributed by atoms with van der Waals surface area (Å²) in [6.45, 7) is 3.77. The van der Waals surface area contributed by atoms with Crippen molar-refractivity contribution in [1.29, 1.82) is 0 Å². The molecule has 0 radical (unpaired) electrons. The quantitative estimate of drug-likeness (QED) is 0.479. The first kappa shape index (κ1) is 21.4. The van der Waals surface area contributed by atoms with Gasteiger partial charge in [-0.3, -0.25) is 9.00 Å². The van der Waals surface area contributed by atoms with E-state index in [0.29, 0.717) is 13.0 Å². The van der Waals surface area contributed by atoms with Gasteiger partial charge in [-0.1, -0.05) is 12.6 Å². The molecule has 1 amide bonds. The number of hydrogen-bond acceptors (Lipinski definition) is 5. The molecule has 0 bridgehead atoms. The molecule has 0 aliphatic rings. The summed E-state index contributed by atoms with van der Waals surface area (Å²) in [5.74, 6) is -0.322. The van der Waals surface area contributed by atoms with E-state index in [2.05, 4.69) is 11.9 Å². The fourth-order valence-corrected chi connectivity index (χ4v) is 0.993. The number of carbonyl (C=O) groups excluding carboxylic acids is 1. The van der Waals surface area contributed by atoms with Gasteiger partial charge in [0.05, 0.1) is 0 Å². The Labute approximate surface area is 128 Å². The molecule has 0 atom stereocenters. The van der Waals surface area contributed by atoms with E-state index in [9.17, 15) is 9.00 Å². The maximum absolute atomic E-state index is 9.95. The summed E-state index contributed by atoms with van der Waals surface area (Å²) in [4.78, 5) is 9.95. The summed E-state index contributed by atoms with van der Waals surface area (Å²) >= 11 is 0. The van der Waals surface area contributed by atoms with Crippen molar-refractivity contribution in [2.45, 2.75) is 6.42 Å². The van der Waals surface area contributed by atoms with E-state index in [0.717, 1.165) is 5.56 Å². The van der Waals surface area contributed by atoms with E-state index in [-0.39, 0.29) is 17.4 Å². The number of carbonyl (C=O) groups is 1. The molecule has 1 aromatic rings. The first-order valence-electron chi connectivity index (χ1n) is 6.08. The molecule has 0 aromatic heterocycles. The highest BCUT2D eigenvalue weighted by Gasteiger charge is 1.98. The van der Waals surface area contributed by atoms with Gasteiger partial charge in [0.2, 0.25) is 5.91 Å². The number of nitrogens with one attached hydrogen (secondary N) is 1. The lowest BCUT2D eigenvalue weighted by Crippen LogP contribution is -2.13. The highest BCUT2D eigenvalue weighted by molar-refractivity contribution is 7.83. The minimum atomic E-state index is -0.611. The van der Waals surface area contributed by atoms with Gasteiger partial charge in [-0.2, -0.15) is 0 Å². The Kier molecular flexibility index (Phi) is 13.4. The van der Waals surface area contributed by atoms with Crippen LogP contribution >= 0.6 is 0 Å². The average molecular weight is 316 g/mol. The second kappa shape index (κ2) is 13.1. The normalized spacial score (nSPS) is 8.81. The molecule has 21 heavy (non-hydrogen) atoms. The standard InChI is InChI=1S/C8H11NO2.C4H7NO.C2H6OS/c9-4-3-6-1-2-7(10)8(11)5-6;1-3-4(6)5-2;1-4(2)3/h1-2,5,10-11H,3-4,9H2;3H,1H2,2H3,(H,5,6);1-2H3. The largest absolute Gasteiger partial charge is 0.504 e. The number of rotatable bonds is 3. The number of amides is 1. The molecule has 120 valence electrons. The molecule has 0 fully saturated rings. The third-order valence-corrected chi connectivity index (χ3v) is 1.90. The van der Waals surface area contributed by atoms with Crippen LogP contribution < -0.4 is 11.1 Å². The minimum absolute atomic E-state index is 0.0871. The Morgan fingerprint density at radius 3 is 2.19 bits per heavy atom. The van der Waals surface area contributed by atoms with Crippen LogP contribution in [0.25, 0.3) is 0 Å². The van der Waals surface area contributed by atoms with E-state index >= 15 is 0 Å². The number of nitrogens with two attached hydrogens (primary N) is 1. The van der Waals surface area contributed by atoms with Gasteiger partial charge in [-0.05, 0) is 36.7 Å². The number of phenolic OH excluding ortho intramolecular Hbond substituents is 2. The molecule has 0 saturated carbocycles. The lowest BCUT2D eigenvalue weighted by molar-refractivity contribution is -0.116. The van der Waals surface area contributed by atoms with Crippen molar-refractivity contribution in [1.82, 2.24) is 5.32 Å². The van der Waals surface area contributed by atoms with Crippen molar-refractivity contribution < 1.29 is 19.2 Å². The lowest BCUT2D eigenvalue weighted by Gasteiger charge is -2.00. The first-order chi connectivity index (χ1) is 9.78. The van der Waals surface area contributed by atoms with Crippen molar-refractivity contribution in [3.05, 3.63) is 36.4 Å². The number of benzene rings is 1. The van der Waals surface area contributed by atoms with Crippen LogP contribution in [0.2, 0.25) is 0 Å². The van der Waals surface area contributed by atoms with E-state index in [1.54, 1.807) is 25.6 Å². The number of aromatic hydroxyl groups is 2. The Bertz CT molecular complexity index is 460. The van der Waals surface area contributed by atoms with Crippen LogP contribution in [0.15, 0.2) is 30.9 Å². The van der Waals surface area contributed by atoms with Crippen LogP contribution in [0, 0.1) is 0 Å². The highest BCUT2D eigenvalue weighted by atomic mass is 32.2. The first-order valence-corrected chi connectivity index (χ1v) is 8.05. The molecule has 0 unspecified atom stereocenters. The summed E-state index contributed by atoms with van der Waals surface area (Å²) in [5.41, 5.74) is 6.24. The van der Waals surface area contributed by atoms with Crippen molar-refractivity contribution in [3.63, 3.8) is 0 Å². The van der Waals surface area contributed by atoms with Crippen molar-refractivity contribution in [3.8, 4) is 11.5 Å². The zero-order chi connectivity index (χ0) is 16.8. The number of hydrogen-bond donors (Lipinski definition) is 4. The SMILES string of the molecule is C=CC(=O)NC.CS(C)=O.NCCc1ccc(O)c(O)c1. The van der Waals surface area contributed by atoms with Crippen molar-refractivity contribution in [2.24, 2.45) is 5.73 Å². The van der Waals surface area contributed by atoms with Gasteiger partial charge in [0.1, 0.15) is 0 Å². The third-order valence-electron chi connectivity index (χ3n) is 1.90. The molecule has 0 spiro atoms. The Balaban J connectivity index is 0. The molecule has 5 N–H and O–H groups in total. The second-order valence-corrected chi connectivity index (χ2v) is 5.40. The van der Waals surface area contributed by atoms with Crippen LogP contribution in [0.3, 0.4) is 0 Å². The van der Waals surface area contributed by atoms with E-state index in [1.807, 2.05) is 0 Å². The maximum Gasteiger partial charge on any atom is 0.243 e. The van der Waals surface area contributed by atoms with E-state index in [4.69, 9.17) is 15.9 Å². The van der Waals surface area contributed by atoms with Crippen LogP contribution in [0.4, 0.5) is 0 Å². The van der Waals surface area contributed by atoms with Crippen molar-refractivity contribution in [2.75, 3.05) is 26.1 Å². The summed E-state index contributed by atoms with van der Waals surface area (Å²) in [5, 5.41) is 20.3. The van der Waals surface area contributed by atoms with E-state index < -0.39 is 10.8 Å². The van der Waals surface area contributed by atoms with Gasteiger partial charge in [0.15, 0.2) is 11.5 Å². The van der Waals surface area contributed by atoms with Gasteiger partial charge >= 0.3 is 0 Å². The monoisotopic (exact) mass is 316 g/mol. The molecular weight excluding hydrogens is 292 g/mol. The van der Waals surface area contributed by atoms with Gasteiger partial charge in [-0.25, -0.2) is 0 Å². The maximum atomic E-state index is 9.95. The second-order valence-electron chi connectivity index (χ2n) is 3.92. The van der Waals surface area contributed by atoms with Crippen molar-refractivity contribution >= 4 is 16.7 Å². The Morgan fingerprint density at radius 2 is 1.90 bits per heavy atom. The van der Waals surface area contributed by atoms with Crippen LogP contribution in [-0.4, -0.2) is 46.4 Å². The summed E-state index contributed by atoms with van der Waals surface area (Å²) in [6.07, 6.45) is 5.22. The highest BCUT2D eigenvalue weighted by Crippen LogP contribution is 2.24.